The first-order chi connectivity index (χ1) is 16.8. The third kappa shape index (κ3) is 5.23. The van der Waals surface area contributed by atoms with Crippen LogP contribution in [0, 0.1) is 0 Å². The molecule has 10 heteroatoms. The Morgan fingerprint density at radius 2 is 2.00 bits per heavy atom. The highest BCUT2D eigenvalue weighted by Crippen LogP contribution is 2.29. The van der Waals surface area contributed by atoms with Gasteiger partial charge in [-0.3, -0.25) is 14.2 Å². The zero-order valence-electron chi connectivity index (χ0n) is 18.7. The number of carboxylic acids is 1. The smallest absolute Gasteiger partial charge is 0.349 e. The van der Waals surface area contributed by atoms with Gasteiger partial charge in [-0.05, 0) is 60.4 Å². The second-order valence-electron chi connectivity index (χ2n) is 7.85. The van der Waals surface area contributed by atoms with Crippen LogP contribution in [0.3, 0.4) is 0 Å². The van der Waals surface area contributed by atoms with Crippen molar-refractivity contribution in [3.63, 3.8) is 0 Å². The lowest BCUT2D eigenvalue weighted by molar-refractivity contribution is -0.132. The van der Waals surface area contributed by atoms with E-state index in [9.17, 15) is 14.4 Å². The van der Waals surface area contributed by atoms with Gasteiger partial charge in [-0.25, -0.2) is 9.78 Å². The van der Waals surface area contributed by atoms with Crippen LogP contribution >= 0.6 is 23.2 Å². The number of halogens is 2. The summed E-state index contributed by atoms with van der Waals surface area (Å²) in [4.78, 5) is 40.9. The Labute approximate surface area is 210 Å². The minimum atomic E-state index is -1.52. The number of anilines is 1. The molecule has 0 saturated heterocycles. The van der Waals surface area contributed by atoms with E-state index in [1.54, 1.807) is 10.6 Å². The summed E-state index contributed by atoms with van der Waals surface area (Å²) in [5.74, 6) is -1.07. The molecule has 180 valence electrons. The van der Waals surface area contributed by atoms with E-state index in [4.69, 9.17) is 33.0 Å². The van der Waals surface area contributed by atoms with Crippen molar-refractivity contribution in [2.45, 2.75) is 26.3 Å². The van der Waals surface area contributed by atoms with Gasteiger partial charge in [0.1, 0.15) is 21.6 Å². The van der Waals surface area contributed by atoms with Crippen LogP contribution in [0.1, 0.15) is 31.2 Å². The van der Waals surface area contributed by atoms with E-state index < -0.39 is 21.9 Å². The van der Waals surface area contributed by atoms with Gasteiger partial charge >= 0.3 is 5.97 Å². The maximum absolute atomic E-state index is 13.1. The fourth-order valence-corrected chi connectivity index (χ4v) is 3.94. The molecule has 3 aromatic rings. The molecule has 8 nitrogen and oxygen atoms in total. The summed E-state index contributed by atoms with van der Waals surface area (Å²) in [6, 6.07) is 12.3. The maximum atomic E-state index is 13.1. The number of carbonyl (C=O) groups excluding carboxylic acids is 1. The number of rotatable bonds is 7. The molecule has 1 aliphatic heterocycles. The number of nitrogens with one attached hydrogen (secondary N) is 1. The molecule has 0 radical (unpaired) electrons. The van der Waals surface area contributed by atoms with Gasteiger partial charge in [-0.1, -0.05) is 42.3 Å². The standard InChI is InChI=1S/C25H21Cl2N3O5/c1-2-10-35-17-5-3-4-14(12-17)11-15-8-9-30-22(15)29-19-13-16(6-7-18(19)24(30)32)28-23(31)20(26)21(27)25(33)34/h3-7,11-13H,2,8-10H2,1H3,(H,28,31)(H,33,34)/b15-11?,21-20-. The number of hydrogen-bond acceptors (Lipinski definition) is 5. The van der Waals surface area contributed by atoms with Gasteiger partial charge in [0.25, 0.3) is 11.5 Å². The van der Waals surface area contributed by atoms with Gasteiger partial charge in [0.15, 0.2) is 0 Å². The average molecular weight is 514 g/mol. The largest absolute Gasteiger partial charge is 0.494 e. The molecule has 1 aromatic heterocycles. The minimum absolute atomic E-state index is 0.182. The summed E-state index contributed by atoms with van der Waals surface area (Å²) in [5.41, 5.74) is 2.34. The highest BCUT2D eigenvalue weighted by Gasteiger charge is 2.22. The number of aromatic nitrogens is 2. The number of fused-ring (bicyclic) bond motifs is 2. The van der Waals surface area contributed by atoms with E-state index >= 15 is 0 Å². The van der Waals surface area contributed by atoms with Crippen molar-refractivity contribution in [1.82, 2.24) is 9.55 Å². The first-order valence-electron chi connectivity index (χ1n) is 10.9. The van der Waals surface area contributed by atoms with E-state index in [1.807, 2.05) is 37.3 Å². The topological polar surface area (TPSA) is 111 Å². The number of hydrogen-bond donors (Lipinski definition) is 2. The van der Waals surface area contributed by atoms with Crippen molar-refractivity contribution in [1.29, 1.82) is 0 Å². The van der Waals surface area contributed by atoms with Crippen LogP contribution in [0.15, 0.2) is 57.3 Å². The first kappa shape index (κ1) is 24.5. The van der Waals surface area contributed by atoms with Gasteiger partial charge in [0, 0.05) is 12.2 Å². The lowest BCUT2D eigenvalue weighted by atomic mass is 10.1. The van der Waals surface area contributed by atoms with Gasteiger partial charge < -0.3 is 15.2 Å². The van der Waals surface area contributed by atoms with E-state index in [0.717, 1.165) is 23.3 Å². The molecule has 2 aromatic carbocycles. The first-order valence-corrected chi connectivity index (χ1v) is 11.6. The second-order valence-corrected chi connectivity index (χ2v) is 8.61. The third-order valence-corrected chi connectivity index (χ3v) is 6.16. The Kier molecular flexibility index (Phi) is 7.23. The Bertz CT molecular complexity index is 1460. The van der Waals surface area contributed by atoms with Crippen LogP contribution in [-0.2, 0) is 16.1 Å². The molecule has 35 heavy (non-hydrogen) atoms. The fraction of sp³-hybridized carbons (Fsp3) is 0.200. The molecule has 1 aliphatic rings. The Balaban J connectivity index is 1.68. The van der Waals surface area contributed by atoms with Gasteiger partial charge in [0.05, 0.1) is 17.5 Å². The molecule has 0 bridgehead atoms. The Morgan fingerprint density at radius 3 is 2.74 bits per heavy atom. The zero-order valence-corrected chi connectivity index (χ0v) is 20.2. The van der Waals surface area contributed by atoms with Crippen molar-refractivity contribution >= 4 is 63.3 Å². The number of aliphatic carboxylic acids is 1. The number of ether oxygens (including phenoxy) is 1. The van der Waals surface area contributed by atoms with Gasteiger partial charge in [-0.15, -0.1) is 0 Å². The minimum Gasteiger partial charge on any atom is -0.494 e. The lowest BCUT2D eigenvalue weighted by Gasteiger charge is -2.09. The molecule has 0 saturated carbocycles. The molecule has 0 atom stereocenters. The predicted molar refractivity (Wildman–Crippen MR) is 136 cm³/mol. The molecule has 2 heterocycles. The Morgan fingerprint density at radius 1 is 1.20 bits per heavy atom. The highest BCUT2D eigenvalue weighted by atomic mass is 35.5. The molecule has 0 unspecified atom stereocenters. The van der Waals surface area contributed by atoms with Crippen LogP contribution in [-0.4, -0.2) is 33.1 Å². The van der Waals surface area contributed by atoms with Gasteiger partial charge in [0.2, 0.25) is 0 Å². The Hall–Kier alpha value is -3.62. The summed E-state index contributed by atoms with van der Waals surface area (Å²) in [7, 11) is 0. The summed E-state index contributed by atoms with van der Waals surface area (Å²) in [5, 5.41) is 10.3. The summed E-state index contributed by atoms with van der Waals surface area (Å²) < 4.78 is 7.34. The van der Waals surface area contributed by atoms with Crippen LogP contribution in [0.5, 0.6) is 5.75 Å². The van der Waals surface area contributed by atoms with Crippen LogP contribution in [0.25, 0.3) is 22.6 Å². The van der Waals surface area contributed by atoms with Crippen molar-refractivity contribution < 1.29 is 19.4 Å². The lowest BCUT2D eigenvalue weighted by Crippen LogP contribution is -2.21. The number of allylic oxidation sites excluding steroid dienone is 1. The van der Waals surface area contributed by atoms with E-state index in [1.165, 1.54) is 12.1 Å². The van der Waals surface area contributed by atoms with E-state index in [0.29, 0.717) is 36.3 Å². The van der Waals surface area contributed by atoms with E-state index in [2.05, 4.69) is 10.3 Å². The molecular weight excluding hydrogens is 493 g/mol. The van der Waals surface area contributed by atoms with Crippen molar-refractivity contribution in [2.75, 3.05) is 11.9 Å². The normalized spacial score (nSPS) is 14.5. The number of carbonyl (C=O) groups is 2. The number of nitrogens with zero attached hydrogens (tertiary/aromatic N) is 2. The molecular formula is C25H21Cl2N3O5. The van der Waals surface area contributed by atoms with Crippen molar-refractivity contribution in [3.8, 4) is 5.75 Å². The molecule has 0 fully saturated rings. The third-order valence-electron chi connectivity index (χ3n) is 5.36. The number of benzene rings is 2. The maximum Gasteiger partial charge on any atom is 0.349 e. The number of amides is 1. The van der Waals surface area contributed by atoms with Crippen LogP contribution < -0.4 is 15.6 Å². The average Bonchev–Trinajstić information content (AvgIpc) is 3.24. The van der Waals surface area contributed by atoms with Crippen LogP contribution in [0.2, 0.25) is 0 Å². The number of carboxylic acid groups (broad SMARTS) is 1. The molecule has 0 aliphatic carbocycles. The predicted octanol–water partition coefficient (Wildman–Crippen LogP) is 4.84. The molecule has 4 rings (SSSR count). The van der Waals surface area contributed by atoms with E-state index in [-0.39, 0.29) is 11.2 Å². The molecule has 0 spiro atoms. The second kappa shape index (κ2) is 10.3. The molecule has 1 amide bonds. The summed E-state index contributed by atoms with van der Waals surface area (Å²) in [6.45, 7) is 3.19. The highest BCUT2D eigenvalue weighted by molar-refractivity contribution is 6.54. The fourth-order valence-electron chi connectivity index (χ4n) is 3.73. The monoisotopic (exact) mass is 513 g/mol. The summed E-state index contributed by atoms with van der Waals surface area (Å²) in [6.07, 6.45) is 3.55. The van der Waals surface area contributed by atoms with Crippen LogP contribution in [0.4, 0.5) is 5.69 Å². The van der Waals surface area contributed by atoms with Gasteiger partial charge in [-0.2, -0.15) is 0 Å². The zero-order chi connectivity index (χ0) is 25.1. The summed E-state index contributed by atoms with van der Waals surface area (Å²) >= 11 is 11.3. The quantitative estimate of drug-likeness (QED) is 0.437. The van der Waals surface area contributed by atoms with Crippen molar-refractivity contribution in [2.24, 2.45) is 0 Å². The SMILES string of the molecule is CCCOc1cccc(C=C2CCn3c2nc2cc(NC(=O)/C(Cl)=C(/Cl)C(=O)O)ccc2c3=O)c1. The molecule has 2 N–H and O–H groups in total. The van der Waals surface area contributed by atoms with Crippen molar-refractivity contribution in [3.05, 3.63) is 74.3 Å².